The average molecular weight is 293 g/mol. The first-order chi connectivity index (χ1) is 10.7. The van der Waals surface area contributed by atoms with Crippen LogP contribution in [0.1, 0.15) is 0 Å². The van der Waals surface area contributed by atoms with Gasteiger partial charge < -0.3 is 15.5 Å². The number of nitrogen functional groups attached to an aromatic ring is 1. The molecule has 5 nitrogen and oxygen atoms in total. The number of nitrogens with one attached hydrogen (secondary N) is 1. The molecule has 5 heteroatoms. The van der Waals surface area contributed by atoms with Crippen molar-refractivity contribution in [2.45, 2.75) is 0 Å². The minimum Gasteiger partial charge on any atom is -0.497 e. The molecule has 0 saturated heterocycles. The van der Waals surface area contributed by atoms with E-state index in [2.05, 4.69) is 9.97 Å². The smallest absolute Gasteiger partial charge is 0.251 e. The Morgan fingerprint density at radius 2 is 1.82 bits per heavy atom. The molecule has 110 valence electrons. The lowest BCUT2D eigenvalue weighted by molar-refractivity contribution is 0.415. The van der Waals surface area contributed by atoms with Crippen molar-refractivity contribution in [3.63, 3.8) is 0 Å². The molecule has 0 unspecified atom stereocenters. The molecule has 0 amide bonds. The van der Waals surface area contributed by atoms with Gasteiger partial charge in [0.25, 0.3) is 5.56 Å². The summed E-state index contributed by atoms with van der Waals surface area (Å²) in [6.07, 6.45) is 0. The largest absolute Gasteiger partial charge is 0.497 e. The maximum Gasteiger partial charge on any atom is 0.251 e. The van der Waals surface area contributed by atoms with Crippen LogP contribution in [-0.4, -0.2) is 17.1 Å². The van der Waals surface area contributed by atoms with Crippen LogP contribution in [0.2, 0.25) is 0 Å². The van der Waals surface area contributed by atoms with Gasteiger partial charge in [-0.05, 0) is 24.3 Å². The van der Waals surface area contributed by atoms with Crippen LogP contribution in [0.4, 0.5) is 5.69 Å². The van der Waals surface area contributed by atoms with E-state index in [0.29, 0.717) is 23.0 Å². The lowest BCUT2D eigenvalue weighted by Crippen LogP contribution is -2.08. The number of aromatic amines is 1. The van der Waals surface area contributed by atoms with Crippen LogP contribution in [0, 0.1) is 0 Å². The molecule has 3 rings (SSSR count). The maximum atomic E-state index is 11.9. The van der Waals surface area contributed by atoms with Gasteiger partial charge in [0, 0.05) is 22.9 Å². The van der Waals surface area contributed by atoms with Crippen molar-refractivity contribution in [1.82, 2.24) is 9.97 Å². The summed E-state index contributed by atoms with van der Waals surface area (Å²) in [4.78, 5) is 19.2. The van der Waals surface area contributed by atoms with Gasteiger partial charge in [0.1, 0.15) is 11.6 Å². The Labute approximate surface area is 127 Å². The van der Waals surface area contributed by atoms with Crippen LogP contribution in [0.25, 0.3) is 22.6 Å². The van der Waals surface area contributed by atoms with Crippen LogP contribution in [0.3, 0.4) is 0 Å². The van der Waals surface area contributed by atoms with Crippen LogP contribution in [0.15, 0.2) is 59.4 Å². The third-order valence-electron chi connectivity index (χ3n) is 3.29. The van der Waals surface area contributed by atoms with E-state index in [9.17, 15) is 4.79 Å². The molecule has 2 aromatic carbocycles. The van der Waals surface area contributed by atoms with E-state index < -0.39 is 0 Å². The topological polar surface area (TPSA) is 81.0 Å². The van der Waals surface area contributed by atoms with Crippen molar-refractivity contribution in [1.29, 1.82) is 0 Å². The number of rotatable bonds is 3. The first-order valence-electron chi connectivity index (χ1n) is 6.77. The Bertz CT molecular complexity index is 854. The van der Waals surface area contributed by atoms with Gasteiger partial charge in [-0.1, -0.05) is 24.3 Å². The number of anilines is 1. The number of hydrogen-bond donors (Lipinski definition) is 2. The summed E-state index contributed by atoms with van der Waals surface area (Å²) in [6, 6.07) is 16.1. The van der Waals surface area contributed by atoms with Crippen molar-refractivity contribution < 1.29 is 4.74 Å². The zero-order valence-electron chi connectivity index (χ0n) is 12.0. The lowest BCUT2D eigenvalue weighted by Gasteiger charge is -2.06. The highest BCUT2D eigenvalue weighted by Gasteiger charge is 2.07. The predicted molar refractivity (Wildman–Crippen MR) is 86.7 cm³/mol. The van der Waals surface area contributed by atoms with Gasteiger partial charge in [-0.15, -0.1) is 0 Å². The monoisotopic (exact) mass is 293 g/mol. The molecule has 0 fully saturated rings. The SMILES string of the molecule is COc1cccc(-c2nc(-c3ccc(N)cc3)cc(=O)[nH]2)c1. The number of nitrogens with zero attached hydrogens (tertiary/aromatic N) is 1. The fourth-order valence-electron chi connectivity index (χ4n) is 2.17. The van der Waals surface area contributed by atoms with Crippen LogP contribution in [0.5, 0.6) is 5.75 Å². The second-order valence-electron chi connectivity index (χ2n) is 4.83. The molecule has 0 spiro atoms. The number of aromatic nitrogens is 2. The molecule has 0 saturated carbocycles. The predicted octanol–water partition coefficient (Wildman–Crippen LogP) is 2.69. The molecule has 0 aliphatic rings. The van der Waals surface area contributed by atoms with Gasteiger partial charge in [0.2, 0.25) is 0 Å². The van der Waals surface area contributed by atoms with Crippen LogP contribution in [-0.2, 0) is 0 Å². The van der Waals surface area contributed by atoms with Gasteiger partial charge in [0.15, 0.2) is 0 Å². The van der Waals surface area contributed by atoms with E-state index in [-0.39, 0.29) is 5.56 Å². The van der Waals surface area contributed by atoms with E-state index in [1.807, 2.05) is 36.4 Å². The van der Waals surface area contributed by atoms with Gasteiger partial charge in [0.05, 0.1) is 12.8 Å². The Morgan fingerprint density at radius 1 is 1.05 bits per heavy atom. The molecule has 0 aliphatic heterocycles. The van der Waals surface area contributed by atoms with E-state index in [1.54, 1.807) is 19.2 Å². The number of H-pyrrole nitrogens is 1. The van der Waals surface area contributed by atoms with E-state index in [1.165, 1.54) is 6.07 Å². The lowest BCUT2D eigenvalue weighted by atomic mass is 10.1. The Kier molecular flexibility index (Phi) is 3.62. The minimum absolute atomic E-state index is 0.209. The van der Waals surface area contributed by atoms with E-state index >= 15 is 0 Å². The zero-order chi connectivity index (χ0) is 15.5. The third-order valence-corrected chi connectivity index (χ3v) is 3.29. The second-order valence-corrected chi connectivity index (χ2v) is 4.83. The summed E-state index contributed by atoms with van der Waals surface area (Å²) < 4.78 is 5.20. The normalized spacial score (nSPS) is 10.4. The van der Waals surface area contributed by atoms with Gasteiger partial charge in [-0.3, -0.25) is 4.79 Å². The molecule has 0 atom stereocenters. The van der Waals surface area contributed by atoms with Crippen molar-refractivity contribution in [3.05, 3.63) is 65.0 Å². The molecule has 0 aliphatic carbocycles. The van der Waals surface area contributed by atoms with Crippen LogP contribution >= 0.6 is 0 Å². The third kappa shape index (κ3) is 2.83. The molecule has 1 heterocycles. The number of hydrogen-bond acceptors (Lipinski definition) is 4. The van der Waals surface area contributed by atoms with Crippen molar-refractivity contribution >= 4 is 5.69 Å². The Balaban J connectivity index is 2.10. The fraction of sp³-hybridized carbons (Fsp3) is 0.0588. The molecule has 0 radical (unpaired) electrons. The Morgan fingerprint density at radius 3 is 2.55 bits per heavy atom. The van der Waals surface area contributed by atoms with Crippen molar-refractivity contribution in [2.75, 3.05) is 12.8 Å². The summed E-state index contributed by atoms with van der Waals surface area (Å²) in [6.45, 7) is 0. The Hall–Kier alpha value is -3.08. The quantitative estimate of drug-likeness (QED) is 0.727. The molecule has 3 aromatic rings. The minimum atomic E-state index is -0.209. The fourth-order valence-corrected chi connectivity index (χ4v) is 2.17. The summed E-state index contributed by atoms with van der Waals surface area (Å²) in [5.74, 6) is 1.20. The van der Waals surface area contributed by atoms with E-state index in [4.69, 9.17) is 10.5 Å². The van der Waals surface area contributed by atoms with Gasteiger partial charge >= 0.3 is 0 Å². The number of benzene rings is 2. The van der Waals surface area contributed by atoms with Crippen molar-refractivity contribution in [3.8, 4) is 28.4 Å². The number of nitrogens with two attached hydrogens (primary N) is 1. The second kappa shape index (κ2) is 5.73. The van der Waals surface area contributed by atoms with Crippen LogP contribution < -0.4 is 16.0 Å². The molecule has 1 aromatic heterocycles. The summed E-state index contributed by atoms with van der Waals surface area (Å²) >= 11 is 0. The summed E-state index contributed by atoms with van der Waals surface area (Å²) in [7, 11) is 1.60. The van der Waals surface area contributed by atoms with Gasteiger partial charge in [-0.2, -0.15) is 0 Å². The first kappa shape index (κ1) is 13.9. The summed E-state index contributed by atoms with van der Waals surface area (Å²) in [5.41, 5.74) is 8.37. The number of ether oxygens (including phenoxy) is 1. The maximum absolute atomic E-state index is 11.9. The highest BCUT2D eigenvalue weighted by atomic mass is 16.5. The molecule has 0 bridgehead atoms. The average Bonchev–Trinajstić information content (AvgIpc) is 2.55. The molecule has 22 heavy (non-hydrogen) atoms. The standard InChI is InChI=1S/C17H15N3O2/c1-22-14-4-2-3-12(9-14)17-19-15(10-16(21)20-17)11-5-7-13(18)8-6-11/h2-10H,18H2,1H3,(H,19,20,21). The van der Waals surface area contributed by atoms with E-state index in [0.717, 1.165) is 11.1 Å². The van der Waals surface area contributed by atoms with Crippen molar-refractivity contribution in [2.24, 2.45) is 0 Å². The first-order valence-corrected chi connectivity index (χ1v) is 6.77. The molecular weight excluding hydrogens is 278 g/mol. The summed E-state index contributed by atoms with van der Waals surface area (Å²) in [5, 5.41) is 0. The molecule has 3 N–H and O–H groups in total. The number of methoxy groups -OCH3 is 1. The van der Waals surface area contributed by atoms with Gasteiger partial charge in [-0.25, -0.2) is 4.98 Å². The highest BCUT2D eigenvalue weighted by Crippen LogP contribution is 2.23. The molecular formula is C17H15N3O2. The zero-order valence-corrected chi connectivity index (χ0v) is 12.0. The highest BCUT2D eigenvalue weighted by molar-refractivity contribution is 5.65.